The first kappa shape index (κ1) is 10.8. The van der Waals surface area contributed by atoms with Crippen molar-refractivity contribution >= 4 is 11.1 Å². The van der Waals surface area contributed by atoms with Crippen molar-refractivity contribution in [1.29, 1.82) is 0 Å². The van der Waals surface area contributed by atoms with Crippen LogP contribution in [0, 0.1) is 0 Å². The molecule has 82 valence electrons. The zero-order chi connectivity index (χ0) is 10.7. The summed E-state index contributed by atoms with van der Waals surface area (Å²) in [5.74, 6) is 0. The Hall–Kier alpha value is -0.670. The molecule has 0 aliphatic heterocycles. The summed E-state index contributed by atoms with van der Waals surface area (Å²) in [6, 6.07) is 9.62. The molecule has 1 aliphatic carbocycles. The van der Waals surface area contributed by atoms with Crippen LogP contribution in [0.2, 0.25) is 0 Å². The monoisotopic (exact) mass is 223 g/mol. The zero-order valence-electron chi connectivity index (χ0n) is 8.65. The Kier molecular flexibility index (Phi) is 3.22. The van der Waals surface area contributed by atoms with Gasteiger partial charge in [-0.25, -0.2) is 0 Å². The van der Waals surface area contributed by atoms with Gasteiger partial charge in [0.1, 0.15) is 0 Å². The quantitative estimate of drug-likeness (QED) is 0.723. The maximum absolute atomic E-state index is 11.5. The van der Waals surface area contributed by atoms with Gasteiger partial charge < -0.3 is 4.55 Å². The molecule has 1 aliphatic rings. The van der Waals surface area contributed by atoms with Gasteiger partial charge in [0.2, 0.25) is 0 Å². The Morgan fingerprint density at radius 3 is 2.20 bits per heavy atom. The minimum atomic E-state index is -2.01. The minimum absolute atomic E-state index is 0.612. The average molecular weight is 223 g/mol. The molecule has 0 saturated heterocycles. The molecule has 0 bridgehead atoms. The van der Waals surface area contributed by atoms with Crippen LogP contribution in [0.1, 0.15) is 37.7 Å². The third-order valence-electron chi connectivity index (χ3n) is 3.28. The van der Waals surface area contributed by atoms with Crippen molar-refractivity contribution in [2.24, 2.45) is 0 Å². The molecule has 0 aromatic heterocycles. The van der Waals surface area contributed by atoms with Crippen molar-refractivity contribution in [2.75, 3.05) is 0 Å². The fourth-order valence-corrected chi connectivity index (χ4v) is 3.37. The highest BCUT2D eigenvalue weighted by molar-refractivity contribution is 7.80. The smallest absolute Gasteiger partial charge is 0.0575 e. The number of rotatable bonds is 2. The van der Waals surface area contributed by atoms with Crippen molar-refractivity contribution in [3.05, 3.63) is 35.9 Å². The maximum atomic E-state index is 11.5. The lowest BCUT2D eigenvalue weighted by molar-refractivity contribution is 0.368. The summed E-state index contributed by atoms with van der Waals surface area (Å²) < 4.78 is 22.3. The summed E-state index contributed by atoms with van der Waals surface area (Å²) in [5.41, 5.74) is 0.957. The summed E-state index contributed by atoms with van der Waals surface area (Å²) in [4.78, 5) is 0. The van der Waals surface area contributed by atoms with Gasteiger partial charge in [0, 0.05) is 0 Å². The highest BCUT2D eigenvalue weighted by Crippen LogP contribution is 2.41. The van der Waals surface area contributed by atoms with Gasteiger partial charge in [-0.2, -0.15) is 0 Å². The molecule has 1 aromatic carbocycles. The Morgan fingerprint density at radius 2 is 1.67 bits per heavy atom. The molecule has 1 saturated carbocycles. The summed E-state index contributed by atoms with van der Waals surface area (Å²) >= 11 is -2.01. The van der Waals surface area contributed by atoms with Crippen LogP contribution in [0.3, 0.4) is 0 Å². The third-order valence-corrected chi connectivity index (χ3v) is 4.56. The van der Waals surface area contributed by atoms with E-state index >= 15 is 0 Å². The molecule has 0 radical (unpaired) electrons. The first-order chi connectivity index (χ1) is 7.26. The van der Waals surface area contributed by atoms with Gasteiger partial charge in [-0.3, -0.25) is 4.21 Å². The van der Waals surface area contributed by atoms with Crippen LogP contribution in [-0.2, 0) is 15.8 Å². The van der Waals surface area contributed by atoms with Crippen LogP contribution in [0.15, 0.2) is 30.3 Å². The predicted octanol–water partition coefficient (Wildman–Crippen LogP) is 2.73. The molecule has 1 unspecified atom stereocenters. The third kappa shape index (κ3) is 1.99. The van der Waals surface area contributed by atoms with Gasteiger partial charge in [0.25, 0.3) is 0 Å². The van der Waals surface area contributed by atoms with Crippen LogP contribution in [0.4, 0.5) is 0 Å². The second-order valence-electron chi connectivity index (χ2n) is 4.16. The molecule has 1 fully saturated rings. The average Bonchev–Trinajstić information content (AvgIpc) is 2.31. The molecule has 0 N–H and O–H groups in total. The van der Waals surface area contributed by atoms with Gasteiger partial charge >= 0.3 is 0 Å². The first-order valence-corrected chi connectivity index (χ1v) is 6.48. The zero-order valence-corrected chi connectivity index (χ0v) is 9.46. The van der Waals surface area contributed by atoms with Crippen molar-refractivity contribution < 1.29 is 8.76 Å². The van der Waals surface area contributed by atoms with E-state index in [-0.39, 0.29) is 0 Å². The molecule has 1 aromatic rings. The van der Waals surface area contributed by atoms with Gasteiger partial charge in [0.05, 0.1) is 4.75 Å². The molecular weight excluding hydrogens is 208 g/mol. The highest BCUT2D eigenvalue weighted by Gasteiger charge is 2.34. The van der Waals surface area contributed by atoms with Crippen molar-refractivity contribution in [3.63, 3.8) is 0 Å². The molecule has 2 nitrogen and oxygen atoms in total. The van der Waals surface area contributed by atoms with Crippen molar-refractivity contribution in [3.8, 4) is 0 Å². The van der Waals surface area contributed by atoms with E-state index in [2.05, 4.69) is 0 Å². The molecule has 3 heteroatoms. The van der Waals surface area contributed by atoms with E-state index in [0.717, 1.165) is 37.7 Å². The Balaban J connectivity index is 2.38. The summed E-state index contributed by atoms with van der Waals surface area (Å²) in [7, 11) is 0. The fraction of sp³-hybridized carbons (Fsp3) is 0.500. The lowest BCUT2D eigenvalue weighted by Gasteiger charge is -2.39. The number of hydrogen-bond acceptors (Lipinski definition) is 2. The molecule has 15 heavy (non-hydrogen) atoms. The van der Waals surface area contributed by atoms with Gasteiger partial charge in [-0.05, 0) is 29.5 Å². The standard InChI is InChI=1S/C12H16O2S/c13-15(14)12(9-5-2-6-10-12)11-7-3-1-4-8-11/h1,3-4,7-8H,2,5-6,9-10H2,(H,13,14)/p-1. The summed E-state index contributed by atoms with van der Waals surface area (Å²) in [5, 5.41) is 0. The van der Waals surface area contributed by atoms with Crippen molar-refractivity contribution in [1.82, 2.24) is 0 Å². The van der Waals surface area contributed by atoms with Gasteiger partial charge in [-0.15, -0.1) is 0 Å². The van der Waals surface area contributed by atoms with Crippen LogP contribution in [0.5, 0.6) is 0 Å². The second-order valence-corrected chi connectivity index (χ2v) is 5.41. The van der Waals surface area contributed by atoms with E-state index in [1.807, 2.05) is 30.3 Å². The largest absolute Gasteiger partial charge is 0.772 e. The lowest BCUT2D eigenvalue weighted by atomic mass is 9.83. The Bertz CT molecular complexity index is 342. The predicted molar refractivity (Wildman–Crippen MR) is 60.1 cm³/mol. The van der Waals surface area contributed by atoms with Gasteiger partial charge in [0.15, 0.2) is 0 Å². The summed E-state index contributed by atoms with van der Waals surface area (Å²) in [6.07, 6.45) is 4.73. The highest BCUT2D eigenvalue weighted by atomic mass is 32.2. The van der Waals surface area contributed by atoms with E-state index < -0.39 is 15.8 Å². The van der Waals surface area contributed by atoms with Crippen LogP contribution in [0.25, 0.3) is 0 Å². The van der Waals surface area contributed by atoms with Crippen LogP contribution >= 0.6 is 0 Å². The molecule has 0 amide bonds. The SMILES string of the molecule is O=S([O-])C1(c2ccccc2)CCCCC1. The Morgan fingerprint density at radius 1 is 1.07 bits per heavy atom. The Labute approximate surface area is 93.0 Å². The van der Waals surface area contributed by atoms with E-state index in [1.54, 1.807) is 0 Å². The number of benzene rings is 1. The molecule has 1 atom stereocenters. The maximum Gasteiger partial charge on any atom is 0.0575 e. The first-order valence-electron chi connectivity index (χ1n) is 5.41. The summed E-state index contributed by atoms with van der Waals surface area (Å²) in [6.45, 7) is 0. The van der Waals surface area contributed by atoms with Crippen molar-refractivity contribution in [2.45, 2.75) is 36.9 Å². The van der Waals surface area contributed by atoms with Crippen LogP contribution < -0.4 is 0 Å². The normalized spacial score (nSPS) is 22.2. The molecule has 2 rings (SSSR count). The molecule has 0 spiro atoms. The molecule has 0 heterocycles. The van der Waals surface area contributed by atoms with E-state index in [4.69, 9.17) is 0 Å². The van der Waals surface area contributed by atoms with E-state index in [1.165, 1.54) is 0 Å². The topological polar surface area (TPSA) is 40.1 Å². The van der Waals surface area contributed by atoms with Crippen LogP contribution in [-0.4, -0.2) is 8.76 Å². The van der Waals surface area contributed by atoms with E-state index in [0.29, 0.717) is 0 Å². The fourth-order valence-electron chi connectivity index (χ4n) is 2.42. The van der Waals surface area contributed by atoms with Gasteiger partial charge in [-0.1, -0.05) is 49.6 Å². The minimum Gasteiger partial charge on any atom is -0.772 e. The lowest BCUT2D eigenvalue weighted by Crippen LogP contribution is -2.33. The number of hydrogen-bond donors (Lipinski definition) is 0. The van der Waals surface area contributed by atoms with E-state index in [9.17, 15) is 8.76 Å². The second kappa shape index (κ2) is 4.45. The molecular formula is C12H15O2S-.